The monoisotopic (exact) mass is 558 g/mol. The topological polar surface area (TPSA) is 85.7 Å². The third-order valence-electron chi connectivity index (χ3n) is 6.80. The van der Waals surface area contributed by atoms with Gasteiger partial charge in [0.1, 0.15) is 12.3 Å². The number of aryl methyl sites for hydroxylation is 1. The van der Waals surface area contributed by atoms with E-state index in [4.69, 9.17) is 26.1 Å². The van der Waals surface area contributed by atoms with E-state index in [1.807, 2.05) is 61.7 Å². The Morgan fingerprint density at radius 3 is 2.60 bits per heavy atom. The van der Waals surface area contributed by atoms with Crippen LogP contribution in [0.2, 0.25) is 5.02 Å². The van der Waals surface area contributed by atoms with Crippen LogP contribution in [0.1, 0.15) is 28.8 Å². The molecule has 4 aromatic rings. The number of hydrogen-bond donors (Lipinski definition) is 1. The third kappa shape index (κ3) is 6.52. The fourth-order valence-corrected chi connectivity index (χ4v) is 4.78. The van der Waals surface area contributed by atoms with Gasteiger partial charge in [-0.15, -0.1) is 0 Å². The first-order chi connectivity index (χ1) is 19.4. The number of anilines is 1. The molecule has 2 heterocycles. The van der Waals surface area contributed by atoms with Crippen LogP contribution in [0.4, 0.5) is 5.95 Å². The van der Waals surface area contributed by atoms with E-state index in [1.54, 1.807) is 40.8 Å². The van der Waals surface area contributed by atoms with Gasteiger partial charge < -0.3 is 14.4 Å². The molecule has 0 bridgehead atoms. The van der Waals surface area contributed by atoms with Gasteiger partial charge in [0, 0.05) is 41.6 Å². The molecular weight excluding hydrogens is 528 g/mol. The molecule has 1 fully saturated rings. The molecule has 2 amide bonds. The van der Waals surface area contributed by atoms with Gasteiger partial charge in [-0.25, -0.2) is 4.98 Å². The van der Waals surface area contributed by atoms with Crippen molar-refractivity contribution in [2.45, 2.75) is 25.9 Å². The summed E-state index contributed by atoms with van der Waals surface area (Å²) in [6, 6.07) is 22.1. The maximum Gasteiger partial charge on any atom is 0.254 e. The number of nitrogens with zero attached hydrogens (tertiary/aromatic N) is 3. The molecule has 3 aromatic carbocycles. The molecule has 1 N–H and O–H groups in total. The highest BCUT2D eigenvalue weighted by Crippen LogP contribution is 2.27. The standard InChI is InChI=1S/C31H31ClN4O4/c1-21-8-10-23(11-9-21)30(38)35(18-27-7-4-16-40-27)20-29(37)34-31-33-28(22-12-14-24(32)15-13-22)19-36(31)25-5-3-6-26(17-25)39-2/h3,5-6,8-15,17,19,27H,4,7,16,18,20H2,1-2H3,(H,33,34,37)/t27-/m0/s1. The van der Waals surface area contributed by atoms with Crippen molar-refractivity contribution in [1.82, 2.24) is 14.5 Å². The van der Waals surface area contributed by atoms with Crippen LogP contribution in [0.5, 0.6) is 5.75 Å². The van der Waals surface area contributed by atoms with E-state index < -0.39 is 0 Å². The van der Waals surface area contributed by atoms with E-state index in [1.165, 1.54) is 0 Å². The number of amides is 2. The van der Waals surface area contributed by atoms with Crippen LogP contribution in [0.3, 0.4) is 0 Å². The number of carbonyl (C=O) groups is 2. The summed E-state index contributed by atoms with van der Waals surface area (Å²) in [7, 11) is 1.60. The maximum atomic E-state index is 13.5. The van der Waals surface area contributed by atoms with Gasteiger partial charge in [0.25, 0.3) is 5.91 Å². The second-order valence-electron chi connectivity index (χ2n) is 9.76. The zero-order valence-electron chi connectivity index (χ0n) is 22.5. The molecule has 0 spiro atoms. The molecule has 8 nitrogen and oxygen atoms in total. The van der Waals surface area contributed by atoms with Crippen LogP contribution >= 0.6 is 11.6 Å². The quantitative estimate of drug-likeness (QED) is 0.282. The Hall–Kier alpha value is -4.14. The zero-order chi connectivity index (χ0) is 28.1. The molecular formula is C31H31ClN4O4. The van der Waals surface area contributed by atoms with Crippen molar-refractivity contribution < 1.29 is 19.1 Å². The Labute approximate surface area is 238 Å². The van der Waals surface area contributed by atoms with Crippen molar-refractivity contribution in [2.75, 3.05) is 32.1 Å². The van der Waals surface area contributed by atoms with Crippen molar-refractivity contribution in [2.24, 2.45) is 0 Å². The lowest BCUT2D eigenvalue weighted by atomic mass is 10.1. The minimum atomic E-state index is -0.365. The maximum absolute atomic E-state index is 13.5. The number of benzene rings is 3. The summed E-state index contributed by atoms with van der Waals surface area (Å²) in [5, 5.41) is 3.55. The Bertz CT molecular complexity index is 1480. The summed E-state index contributed by atoms with van der Waals surface area (Å²) in [4.78, 5) is 33.2. The number of nitrogens with one attached hydrogen (secondary N) is 1. The van der Waals surface area contributed by atoms with Gasteiger partial charge in [-0.1, -0.05) is 47.5 Å². The van der Waals surface area contributed by atoms with E-state index in [-0.39, 0.29) is 24.5 Å². The van der Waals surface area contributed by atoms with Gasteiger partial charge in [-0.05, 0) is 56.2 Å². The first-order valence-corrected chi connectivity index (χ1v) is 13.5. The highest BCUT2D eigenvalue weighted by Gasteiger charge is 2.26. The number of ether oxygens (including phenoxy) is 2. The van der Waals surface area contributed by atoms with Crippen LogP contribution < -0.4 is 10.1 Å². The van der Waals surface area contributed by atoms with E-state index in [0.29, 0.717) is 41.1 Å². The molecule has 1 saturated heterocycles. The number of imidazole rings is 1. The van der Waals surface area contributed by atoms with Crippen molar-refractivity contribution in [3.05, 3.63) is 95.1 Å². The number of methoxy groups -OCH3 is 1. The highest BCUT2D eigenvalue weighted by atomic mass is 35.5. The summed E-state index contributed by atoms with van der Waals surface area (Å²) < 4.78 is 13.0. The molecule has 1 aliphatic rings. The molecule has 206 valence electrons. The van der Waals surface area contributed by atoms with E-state index in [9.17, 15) is 9.59 Å². The Kier molecular flexibility index (Phi) is 8.48. The normalized spacial score (nSPS) is 14.6. The minimum Gasteiger partial charge on any atom is -0.497 e. The summed E-state index contributed by atoms with van der Waals surface area (Å²) in [5.74, 6) is 0.408. The van der Waals surface area contributed by atoms with Crippen LogP contribution in [-0.4, -0.2) is 59.2 Å². The van der Waals surface area contributed by atoms with Crippen molar-refractivity contribution in [3.8, 4) is 22.7 Å². The summed E-state index contributed by atoms with van der Waals surface area (Å²) >= 11 is 6.08. The van der Waals surface area contributed by atoms with Crippen LogP contribution in [0.25, 0.3) is 16.9 Å². The van der Waals surface area contributed by atoms with Gasteiger partial charge in [-0.3, -0.25) is 19.5 Å². The van der Waals surface area contributed by atoms with E-state index in [0.717, 1.165) is 29.7 Å². The summed E-state index contributed by atoms with van der Waals surface area (Å²) in [6.07, 6.45) is 3.53. The molecule has 0 unspecified atom stereocenters. The van der Waals surface area contributed by atoms with Gasteiger partial charge in [0.2, 0.25) is 11.9 Å². The van der Waals surface area contributed by atoms with Gasteiger partial charge in [-0.2, -0.15) is 0 Å². The van der Waals surface area contributed by atoms with Crippen LogP contribution in [0, 0.1) is 6.92 Å². The number of carbonyl (C=O) groups excluding carboxylic acids is 2. The first-order valence-electron chi connectivity index (χ1n) is 13.2. The Balaban J connectivity index is 1.42. The predicted molar refractivity (Wildman–Crippen MR) is 155 cm³/mol. The molecule has 1 aromatic heterocycles. The van der Waals surface area contributed by atoms with Crippen molar-refractivity contribution in [3.63, 3.8) is 0 Å². The third-order valence-corrected chi connectivity index (χ3v) is 7.05. The lowest BCUT2D eigenvalue weighted by molar-refractivity contribution is -0.117. The second-order valence-corrected chi connectivity index (χ2v) is 10.2. The number of halogens is 1. The first kappa shape index (κ1) is 27.4. The van der Waals surface area contributed by atoms with Gasteiger partial charge in [0.05, 0.1) is 24.6 Å². The molecule has 9 heteroatoms. The summed E-state index contributed by atoms with van der Waals surface area (Å²) in [5.41, 5.74) is 3.84. The molecule has 1 atom stereocenters. The number of aromatic nitrogens is 2. The minimum absolute atomic E-state index is 0.0996. The lowest BCUT2D eigenvalue weighted by Gasteiger charge is -2.25. The largest absolute Gasteiger partial charge is 0.497 e. The van der Waals surface area contributed by atoms with Crippen molar-refractivity contribution in [1.29, 1.82) is 0 Å². The zero-order valence-corrected chi connectivity index (χ0v) is 23.2. The molecule has 0 aliphatic carbocycles. The van der Waals surface area contributed by atoms with Gasteiger partial charge >= 0.3 is 0 Å². The second kappa shape index (κ2) is 12.4. The van der Waals surface area contributed by atoms with E-state index >= 15 is 0 Å². The average Bonchev–Trinajstić information content (AvgIpc) is 3.63. The van der Waals surface area contributed by atoms with E-state index in [2.05, 4.69) is 5.32 Å². The predicted octanol–water partition coefficient (Wildman–Crippen LogP) is 5.77. The van der Waals surface area contributed by atoms with Crippen LogP contribution in [0.15, 0.2) is 79.0 Å². The number of hydrogen-bond acceptors (Lipinski definition) is 5. The SMILES string of the molecule is COc1cccc(-n2cc(-c3ccc(Cl)cc3)nc2NC(=O)CN(C[C@@H]2CCCO2)C(=O)c2ccc(C)cc2)c1. The summed E-state index contributed by atoms with van der Waals surface area (Å²) in [6.45, 7) is 2.82. The smallest absolute Gasteiger partial charge is 0.254 e. The number of rotatable bonds is 9. The fraction of sp³-hybridized carbons (Fsp3) is 0.258. The average molecular weight is 559 g/mol. The molecule has 40 heavy (non-hydrogen) atoms. The highest BCUT2D eigenvalue weighted by molar-refractivity contribution is 6.30. The molecule has 0 radical (unpaired) electrons. The van der Waals surface area contributed by atoms with Crippen molar-refractivity contribution >= 4 is 29.4 Å². The molecule has 0 saturated carbocycles. The lowest BCUT2D eigenvalue weighted by Crippen LogP contribution is -2.42. The molecule has 1 aliphatic heterocycles. The van der Waals surface area contributed by atoms with Crippen LogP contribution in [-0.2, 0) is 9.53 Å². The Morgan fingerprint density at radius 2 is 1.90 bits per heavy atom. The Morgan fingerprint density at radius 1 is 1.12 bits per heavy atom. The molecule has 5 rings (SSSR count). The van der Waals surface area contributed by atoms with Gasteiger partial charge in [0.15, 0.2) is 0 Å². The fourth-order valence-electron chi connectivity index (χ4n) is 4.66.